The lowest BCUT2D eigenvalue weighted by molar-refractivity contribution is 0.0262. The number of ether oxygens (including phenoxy) is 4. The lowest BCUT2D eigenvalue weighted by atomic mass is 9.97. The number of hydrogen-bond acceptors (Lipinski definition) is 9. The molecule has 2 aliphatic rings. The van der Waals surface area contributed by atoms with Crippen LogP contribution in [0.15, 0.2) is 24.5 Å². The van der Waals surface area contributed by atoms with Crippen molar-refractivity contribution in [2.24, 2.45) is 5.92 Å². The Morgan fingerprint density at radius 3 is 2.36 bits per heavy atom. The molecule has 2 unspecified atom stereocenters. The molecule has 12 nitrogen and oxygen atoms in total. The first-order valence-corrected chi connectivity index (χ1v) is 15.7. The summed E-state index contributed by atoms with van der Waals surface area (Å²) in [6.45, 7) is 15.3. The van der Waals surface area contributed by atoms with E-state index < -0.39 is 41.4 Å². The number of anilines is 2. The third-order valence-corrected chi connectivity index (χ3v) is 7.95. The summed E-state index contributed by atoms with van der Waals surface area (Å²) in [7, 11) is 0. The summed E-state index contributed by atoms with van der Waals surface area (Å²) in [5.41, 5.74) is 0.0656. The van der Waals surface area contributed by atoms with E-state index in [1.807, 2.05) is 6.92 Å². The molecule has 2 atom stereocenters. The van der Waals surface area contributed by atoms with Gasteiger partial charge in [0.15, 0.2) is 0 Å². The lowest BCUT2D eigenvalue weighted by Crippen LogP contribution is -2.42. The number of amides is 3. The average molecular weight is 672 g/mol. The maximum Gasteiger partial charge on any atom is 0.415 e. The summed E-state index contributed by atoms with van der Waals surface area (Å²) in [6, 6.07) is 3.12. The second kappa shape index (κ2) is 12.7. The molecule has 3 aromatic rings. The highest BCUT2D eigenvalue weighted by Gasteiger charge is 2.37. The van der Waals surface area contributed by atoms with Crippen LogP contribution in [0, 0.1) is 18.7 Å². The van der Waals surface area contributed by atoms with E-state index >= 15 is 4.39 Å². The van der Waals surface area contributed by atoms with Gasteiger partial charge in [-0.05, 0) is 71.5 Å². The maximum atomic E-state index is 15.8. The summed E-state index contributed by atoms with van der Waals surface area (Å²) >= 11 is 6.50. The van der Waals surface area contributed by atoms with Crippen LogP contribution >= 0.6 is 11.6 Å². The van der Waals surface area contributed by atoms with Gasteiger partial charge >= 0.3 is 18.3 Å². The van der Waals surface area contributed by atoms with E-state index in [0.29, 0.717) is 34.1 Å². The van der Waals surface area contributed by atoms with Gasteiger partial charge in [-0.25, -0.2) is 28.7 Å². The molecule has 5 rings (SSSR count). The number of likely N-dealkylation sites (tertiary alicyclic amines) is 1. The summed E-state index contributed by atoms with van der Waals surface area (Å²) in [4.78, 5) is 50.0. The summed E-state index contributed by atoms with van der Waals surface area (Å²) < 4.78 is 38.2. The van der Waals surface area contributed by atoms with Crippen molar-refractivity contribution in [3.63, 3.8) is 0 Å². The van der Waals surface area contributed by atoms with Crippen LogP contribution in [0.1, 0.15) is 54.0 Å². The number of nitrogens with zero attached hydrogens (tertiary/aromatic N) is 4. The van der Waals surface area contributed by atoms with Gasteiger partial charge in [-0.3, -0.25) is 10.2 Å². The maximum absolute atomic E-state index is 15.8. The Kier molecular flexibility index (Phi) is 9.15. The molecule has 4 heterocycles. The number of fused-ring (bicyclic) bond motifs is 2. The predicted octanol–water partition coefficient (Wildman–Crippen LogP) is 7.34. The van der Waals surface area contributed by atoms with E-state index in [2.05, 4.69) is 15.3 Å². The zero-order valence-corrected chi connectivity index (χ0v) is 28.5. The van der Waals surface area contributed by atoms with Crippen molar-refractivity contribution in [1.82, 2.24) is 14.9 Å². The zero-order valence-electron chi connectivity index (χ0n) is 27.7. The fourth-order valence-electron chi connectivity index (χ4n) is 5.44. The fourth-order valence-corrected chi connectivity index (χ4v) is 5.70. The normalized spacial score (nSPS) is 18.0. The number of rotatable bonds is 3. The molecule has 47 heavy (non-hydrogen) atoms. The smallest absolute Gasteiger partial charge is 0.415 e. The van der Waals surface area contributed by atoms with E-state index in [1.165, 1.54) is 22.2 Å². The third-order valence-electron chi connectivity index (χ3n) is 7.59. The van der Waals surface area contributed by atoms with E-state index in [1.54, 1.807) is 60.6 Å². The van der Waals surface area contributed by atoms with Gasteiger partial charge in [0.1, 0.15) is 41.2 Å². The van der Waals surface area contributed by atoms with Gasteiger partial charge in [-0.1, -0.05) is 18.5 Å². The van der Waals surface area contributed by atoms with Gasteiger partial charge < -0.3 is 23.8 Å². The monoisotopic (exact) mass is 671 g/mol. The quantitative estimate of drug-likeness (QED) is 0.284. The Morgan fingerprint density at radius 2 is 1.68 bits per heavy atom. The molecular formula is C33H39ClFN5O7. The first kappa shape index (κ1) is 34.0. The van der Waals surface area contributed by atoms with Crippen LogP contribution in [-0.4, -0.2) is 76.7 Å². The van der Waals surface area contributed by atoms with Gasteiger partial charge in [-0.2, -0.15) is 0 Å². The molecule has 0 aliphatic carbocycles. The molecule has 1 N–H and O–H groups in total. The molecule has 1 saturated heterocycles. The van der Waals surface area contributed by atoms with Crippen LogP contribution in [0.2, 0.25) is 5.02 Å². The molecule has 3 amide bonds. The molecule has 0 spiro atoms. The molecule has 2 aromatic heterocycles. The number of pyridine rings is 2. The second-order valence-electron chi connectivity index (χ2n) is 13.7. The molecule has 0 bridgehead atoms. The largest absolute Gasteiger partial charge is 0.474 e. The number of hydrogen-bond donors (Lipinski definition) is 1. The number of carbonyl (C=O) groups excluding carboxylic acids is 3. The Morgan fingerprint density at radius 1 is 1.00 bits per heavy atom. The minimum Gasteiger partial charge on any atom is -0.474 e. The highest BCUT2D eigenvalue weighted by molar-refractivity contribution is 6.36. The van der Waals surface area contributed by atoms with Crippen molar-refractivity contribution in [2.75, 3.05) is 36.5 Å². The summed E-state index contributed by atoms with van der Waals surface area (Å²) in [5, 5.41) is 3.26. The van der Waals surface area contributed by atoms with E-state index in [-0.39, 0.29) is 47.9 Å². The van der Waals surface area contributed by atoms with Crippen molar-refractivity contribution < 1.29 is 37.7 Å². The molecule has 14 heteroatoms. The van der Waals surface area contributed by atoms with Crippen LogP contribution < -0.4 is 15.0 Å². The molecule has 0 saturated carbocycles. The van der Waals surface area contributed by atoms with Crippen LogP contribution in [-0.2, 0) is 14.2 Å². The first-order valence-electron chi connectivity index (χ1n) is 15.3. The Balaban J connectivity index is 1.39. The Bertz CT molecular complexity index is 1740. The van der Waals surface area contributed by atoms with E-state index in [4.69, 9.17) is 30.5 Å². The van der Waals surface area contributed by atoms with Crippen LogP contribution in [0.5, 0.6) is 5.88 Å². The van der Waals surface area contributed by atoms with Crippen LogP contribution in [0.3, 0.4) is 0 Å². The van der Waals surface area contributed by atoms with E-state index in [0.717, 1.165) is 0 Å². The number of nitrogens with one attached hydrogen (secondary N) is 1. The SMILES string of the molecule is Cc1c(-c2cc3cc(NC(=O)OC4CN(C(=O)OC(C)(C)C)CC4C)ncc3c(Cl)c2F)cnc2c1N(C(=O)OC(C)(C)C)CCO2. The Hall–Kier alpha value is -4.39. The number of aromatic nitrogens is 2. The van der Waals surface area contributed by atoms with Crippen molar-refractivity contribution in [3.8, 4) is 17.0 Å². The standard InChI is InChI=1S/C33H39ClFN5O7/c1-17-15-39(30(42)46-32(3,4)5)16-23(17)45-29(41)38-24-12-19-11-20(26(35)25(34)22(19)14-36-24)21-13-37-28-27(18(21)2)40(9-10-44-28)31(43)47-33(6,7)8/h11-14,17,23H,9-10,15-16H2,1-8H3,(H,36,38,41). The number of halogens is 2. The predicted molar refractivity (Wildman–Crippen MR) is 175 cm³/mol. The zero-order chi connectivity index (χ0) is 34.4. The summed E-state index contributed by atoms with van der Waals surface area (Å²) in [6.07, 6.45) is 0.472. The van der Waals surface area contributed by atoms with Gasteiger partial charge in [0.05, 0.1) is 18.1 Å². The minimum atomic E-state index is -0.759. The first-order chi connectivity index (χ1) is 21.9. The van der Waals surface area contributed by atoms with Crippen LogP contribution in [0.4, 0.5) is 30.3 Å². The van der Waals surface area contributed by atoms with Gasteiger partial charge in [-0.15, -0.1) is 0 Å². The van der Waals surface area contributed by atoms with Gasteiger partial charge in [0.25, 0.3) is 0 Å². The molecule has 252 valence electrons. The lowest BCUT2D eigenvalue weighted by Gasteiger charge is -2.32. The third kappa shape index (κ3) is 7.45. The summed E-state index contributed by atoms with van der Waals surface area (Å²) in [5.74, 6) is -0.435. The number of carbonyl (C=O) groups is 3. The molecule has 0 radical (unpaired) electrons. The van der Waals surface area contributed by atoms with Crippen molar-refractivity contribution in [1.29, 1.82) is 0 Å². The second-order valence-corrected chi connectivity index (χ2v) is 14.1. The van der Waals surface area contributed by atoms with E-state index in [9.17, 15) is 14.4 Å². The highest BCUT2D eigenvalue weighted by atomic mass is 35.5. The van der Waals surface area contributed by atoms with Gasteiger partial charge in [0, 0.05) is 41.4 Å². The van der Waals surface area contributed by atoms with Crippen molar-refractivity contribution in [3.05, 3.63) is 40.9 Å². The Labute approximate surface area is 277 Å². The number of benzene rings is 1. The minimum absolute atomic E-state index is 0.118. The highest BCUT2D eigenvalue weighted by Crippen LogP contribution is 2.42. The van der Waals surface area contributed by atoms with Crippen molar-refractivity contribution in [2.45, 2.75) is 72.7 Å². The van der Waals surface area contributed by atoms with Crippen LogP contribution in [0.25, 0.3) is 21.9 Å². The average Bonchev–Trinajstić information content (AvgIpc) is 3.33. The molecule has 1 aromatic carbocycles. The fraction of sp³-hybridized carbons (Fsp3) is 0.485. The van der Waals surface area contributed by atoms with Gasteiger partial charge in [0.2, 0.25) is 5.88 Å². The molecule has 1 fully saturated rings. The van der Waals surface area contributed by atoms with Crippen molar-refractivity contribution >= 4 is 52.2 Å². The topological polar surface area (TPSA) is 132 Å². The molecular weight excluding hydrogens is 633 g/mol. The molecule has 2 aliphatic heterocycles.